The Morgan fingerprint density at radius 1 is 1.11 bits per heavy atom. The molecule has 3 heterocycles. The standard InChI is InChI=1S/C27H29N3O5S/c31-25(17-7-6-10-19(15-17)35-18-8-2-1-3-9-18)29-16-21-24-20(12-13-28-21)23(27(32)33)26(36-24)30-22-11-4-5-14-34-22/h1-3,6-10,15,21-22,28,30H,4-5,11-14,16H2,(H,29,31)(H,32,33). The fraction of sp³-hybridized carbons (Fsp3) is 0.333. The number of fused-ring (bicyclic) bond motifs is 1. The number of thiophene rings is 1. The van der Waals surface area contributed by atoms with Crippen LogP contribution < -0.4 is 20.7 Å². The van der Waals surface area contributed by atoms with Crippen molar-refractivity contribution >= 4 is 28.2 Å². The van der Waals surface area contributed by atoms with Crippen LogP contribution in [0.15, 0.2) is 54.6 Å². The van der Waals surface area contributed by atoms with Gasteiger partial charge in [-0.05, 0) is 68.1 Å². The molecule has 0 saturated carbocycles. The molecule has 2 unspecified atom stereocenters. The number of hydrogen-bond donors (Lipinski definition) is 4. The molecular formula is C27H29N3O5S. The molecule has 188 valence electrons. The third kappa shape index (κ3) is 5.53. The first-order valence-corrected chi connectivity index (χ1v) is 13.0. The number of rotatable bonds is 8. The Kier molecular flexibility index (Phi) is 7.50. The van der Waals surface area contributed by atoms with E-state index in [2.05, 4.69) is 16.0 Å². The van der Waals surface area contributed by atoms with Gasteiger partial charge in [0, 0.05) is 23.6 Å². The minimum Gasteiger partial charge on any atom is -0.478 e. The Labute approximate surface area is 213 Å². The van der Waals surface area contributed by atoms with E-state index in [1.54, 1.807) is 18.2 Å². The van der Waals surface area contributed by atoms with Crippen molar-refractivity contribution in [2.24, 2.45) is 0 Å². The molecule has 3 aromatic rings. The van der Waals surface area contributed by atoms with Crippen molar-refractivity contribution in [2.75, 3.05) is 25.0 Å². The number of anilines is 1. The number of amides is 1. The molecule has 36 heavy (non-hydrogen) atoms. The first-order valence-electron chi connectivity index (χ1n) is 12.2. The van der Waals surface area contributed by atoms with Gasteiger partial charge in [-0.15, -0.1) is 11.3 Å². The summed E-state index contributed by atoms with van der Waals surface area (Å²) < 4.78 is 11.6. The summed E-state index contributed by atoms with van der Waals surface area (Å²) in [4.78, 5) is 26.0. The average molecular weight is 508 g/mol. The van der Waals surface area contributed by atoms with Gasteiger partial charge >= 0.3 is 5.97 Å². The van der Waals surface area contributed by atoms with Crippen molar-refractivity contribution in [1.29, 1.82) is 0 Å². The zero-order valence-electron chi connectivity index (χ0n) is 19.8. The van der Waals surface area contributed by atoms with E-state index in [4.69, 9.17) is 9.47 Å². The number of para-hydroxylation sites is 1. The number of benzene rings is 2. The Balaban J connectivity index is 1.28. The second-order valence-electron chi connectivity index (χ2n) is 8.86. The lowest BCUT2D eigenvalue weighted by molar-refractivity contribution is 0.0344. The van der Waals surface area contributed by atoms with Crippen LogP contribution >= 0.6 is 11.3 Å². The number of carboxylic acid groups (broad SMARTS) is 1. The first-order chi connectivity index (χ1) is 17.6. The van der Waals surface area contributed by atoms with E-state index in [-0.39, 0.29) is 18.2 Å². The summed E-state index contributed by atoms with van der Waals surface area (Å²) in [7, 11) is 0. The molecule has 0 radical (unpaired) electrons. The summed E-state index contributed by atoms with van der Waals surface area (Å²) in [6.07, 6.45) is 3.39. The van der Waals surface area contributed by atoms with Crippen LogP contribution in [0.4, 0.5) is 5.00 Å². The third-order valence-electron chi connectivity index (χ3n) is 6.35. The summed E-state index contributed by atoms with van der Waals surface area (Å²) in [6, 6.07) is 16.3. The van der Waals surface area contributed by atoms with Crippen molar-refractivity contribution in [3.8, 4) is 11.5 Å². The van der Waals surface area contributed by atoms with Crippen molar-refractivity contribution in [2.45, 2.75) is 38.0 Å². The topological polar surface area (TPSA) is 109 Å². The highest BCUT2D eigenvalue weighted by atomic mass is 32.1. The molecule has 0 spiro atoms. The van der Waals surface area contributed by atoms with E-state index in [1.807, 2.05) is 36.4 Å². The van der Waals surface area contributed by atoms with Crippen LogP contribution in [0.5, 0.6) is 11.5 Å². The minimum absolute atomic E-state index is 0.173. The predicted molar refractivity (Wildman–Crippen MR) is 138 cm³/mol. The van der Waals surface area contributed by atoms with Crippen LogP contribution in [0.25, 0.3) is 0 Å². The SMILES string of the molecule is O=C(NCC1NCCc2c1sc(NC1CCCCO1)c2C(=O)O)c1cccc(Oc2ccccc2)c1. The molecule has 9 heteroatoms. The molecule has 1 saturated heterocycles. The predicted octanol–water partition coefficient (Wildman–Crippen LogP) is 4.79. The summed E-state index contributed by atoms with van der Waals surface area (Å²) in [5.41, 5.74) is 1.66. The van der Waals surface area contributed by atoms with Crippen molar-refractivity contribution < 1.29 is 24.2 Å². The summed E-state index contributed by atoms with van der Waals surface area (Å²) in [6.45, 7) is 1.66. The highest BCUT2D eigenvalue weighted by Gasteiger charge is 2.31. The lowest BCUT2D eigenvalue weighted by atomic mass is 9.99. The van der Waals surface area contributed by atoms with Crippen LogP contribution in [-0.4, -0.2) is 42.9 Å². The molecular weight excluding hydrogens is 478 g/mol. The molecule has 2 atom stereocenters. The number of hydrogen-bond acceptors (Lipinski definition) is 7. The fourth-order valence-electron chi connectivity index (χ4n) is 4.59. The second-order valence-corrected chi connectivity index (χ2v) is 9.92. The highest BCUT2D eigenvalue weighted by Crippen LogP contribution is 2.40. The number of carbonyl (C=O) groups is 2. The number of carboxylic acids is 1. The van der Waals surface area contributed by atoms with Crippen molar-refractivity contribution in [3.63, 3.8) is 0 Å². The molecule has 2 aliphatic rings. The summed E-state index contributed by atoms with van der Waals surface area (Å²) >= 11 is 1.44. The maximum Gasteiger partial charge on any atom is 0.338 e. The van der Waals surface area contributed by atoms with Gasteiger partial charge in [-0.2, -0.15) is 0 Å². The Hall–Kier alpha value is -3.40. The van der Waals surface area contributed by atoms with Gasteiger partial charge in [0.1, 0.15) is 22.7 Å². The zero-order valence-corrected chi connectivity index (χ0v) is 20.6. The van der Waals surface area contributed by atoms with Gasteiger partial charge in [-0.25, -0.2) is 4.79 Å². The molecule has 0 bridgehead atoms. The van der Waals surface area contributed by atoms with E-state index in [0.29, 0.717) is 53.7 Å². The van der Waals surface area contributed by atoms with Crippen LogP contribution in [0, 0.1) is 0 Å². The van der Waals surface area contributed by atoms with Gasteiger partial charge in [0.2, 0.25) is 0 Å². The third-order valence-corrected chi connectivity index (χ3v) is 7.62. The Morgan fingerprint density at radius 3 is 2.72 bits per heavy atom. The molecule has 8 nitrogen and oxygen atoms in total. The highest BCUT2D eigenvalue weighted by molar-refractivity contribution is 7.16. The normalized spacial score (nSPS) is 19.2. The number of ether oxygens (including phenoxy) is 2. The second kappa shape index (κ2) is 11.1. The lowest BCUT2D eigenvalue weighted by Gasteiger charge is -2.24. The Morgan fingerprint density at radius 2 is 1.94 bits per heavy atom. The van der Waals surface area contributed by atoms with Gasteiger partial charge in [-0.3, -0.25) is 4.79 Å². The number of aromatic carboxylic acids is 1. The first kappa shape index (κ1) is 24.3. The van der Waals surface area contributed by atoms with Crippen molar-refractivity contribution in [3.05, 3.63) is 76.2 Å². The molecule has 1 aromatic heterocycles. The van der Waals surface area contributed by atoms with E-state index in [0.717, 1.165) is 29.7 Å². The quantitative estimate of drug-likeness (QED) is 0.347. The molecule has 2 aliphatic heterocycles. The van der Waals surface area contributed by atoms with Gasteiger partial charge in [0.15, 0.2) is 0 Å². The number of carbonyl (C=O) groups excluding carboxylic acids is 1. The summed E-state index contributed by atoms with van der Waals surface area (Å²) in [5.74, 6) is 0.123. The molecule has 0 aliphatic carbocycles. The van der Waals surface area contributed by atoms with Crippen molar-refractivity contribution in [1.82, 2.24) is 10.6 Å². The van der Waals surface area contributed by atoms with E-state index < -0.39 is 5.97 Å². The molecule has 1 amide bonds. The Bertz CT molecular complexity index is 1220. The smallest absolute Gasteiger partial charge is 0.338 e. The number of nitrogens with one attached hydrogen (secondary N) is 3. The van der Waals surface area contributed by atoms with Crippen LogP contribution in [0.1, 0.15) is 56.5 Å². The van der Waals surface area contributed by atoms with Crippen LogP contribution in [0.3, 0.4) is 0 Å². The molecule has 1 fully saturated rings. The van der Waals surface area contributed by atoms with Crippen LogP contribution in [-0.2, 0) is 11.2 Å². The minimum atomic E-state index is -0.939. The van der Waals surface area contributed by atoms with E-state index in [9.17, 15) is 14.7 Å². The van der Waals surface area contributed by atoms with Gasteiger partial charge < -0.3 is 30.5 Å². The average Bonchev–Trinajstić information content (AvgIpc) is 3.27. The van der Waals surface area contributed by atoms with E-state index >= 15 is 0 Å². The van der Waals surface area contributed by atoms with E-state index in [1.165, 1.54) is 11.3 Å². The zero-order chi connectivity index (χ0) is 24.9. The molecule has 4 N–H and O–H groups in total. The monoisotopic (exact) mass is 507 g/mol. The maximum absolute atomic E-state index is 12.9. The summed E-state index contributed by atoms with van der Waals surface area (Å²) in [5, 5.41) is 20.3. The largest absolute Gasteiger partial charge is 0.478 e. The molecule has 5 rings (SSSR count). The lowest BCUT2D eigenvalue weighted by Crippen LogP contribution is -2.38. The van der Waals surface area contributed by atoms with Gasteiger partial charge in [0.05, 0.1) is 11.6 Å². The molecule has 2 aromatic carbocycles. The van der Waals surface area contributed by atoms with Crippen LogP contribution in [0.2, 0.25) is 0 Å². The fourth-order valence-corrected chi connectivity index (χ4v) is 5.95. The van der Waals surface area contributed by atoms with Gasteiger partial charge in [0.25, 0.3) is 5.91 Å². The van der Waals surface area contributed by atoms with Gasteiger partial charge in [-0.1, -0.05) is 24.3 Å². The maximum atomic E-state index is 12.9.